The summed E-state index contributed by atoms with van der Waals surface area (Å²) in [5, 5.41) is 3.02. The Morgan fingerprint density at radius 2 is 2.00 bits per heavy atom. The Kier molecular flexibility index (Phi) is 2.47. The summed E-state index contributed by atoms with van der Waals surface area (Å²) in [6, 6.07) is 0. The van der Waals surface area contributed by atoms with Crippen molar-refractivity contribution >= 4 is 11.5 Å². The largest absolute Gasteiger partial charge is 0.373 e. The predicted octanol–water partition coefficient (Wildman–Crippen LogP) is 0.893. The molecule has 4 nitrogen and oxygen atoms in total. The highest BCUT2D eigenvalue weighted by molar-refractivity contribution is 5.66. The molecular weight excluding hydrogens is 152 g/mol. The van der Waals surface area contributed by atoms with Crippen LogP contribution in [0, 0.1) is 6.92 Å². The minimum Gasteiger partial charge on any atom is -0.373 e. The van der Waals surface area contributed by atoms with E-state index in [0.29, 0.717) is 0 Å². The molecule has 1 heterocycles. The Morgan fingerprint density at radius 1 is 1.33 bits per heavy atom. The van der Waals surface area contributed by atoms with Gasteiger partial charge < -0.3 is 10.2 Å². The van der Waals surface area contributed by atoms with Crippen LogP contribution in [0.4, 0.5) is 11.5 Å². The van der Waals surface area contributed by atoms with E-state index in [9.17, 15) is 0 Å². The number of anilines is 2. The smallest absolute Gasteiger partial charge is 0.153 e. The van der Waals surface area contributed by atoms with Gasteiger partial charge in [0.25, 0.3) is 0 Å². The summed E-state index contributed by atoms with van der Waals surface area (Å²) >= 11 is 0. The van der Waals surface area contributed by atoms with Crippen LogP contribution in [0.15, 0.2) is 6.33 Å². The number of nitrogens with one attached hydrogen (secondary N) is 1. The fourth-order valence-electron chi connectivity index (χ4n) is 1.19. The number of nitrogens with zero attached hydrogens (tertiary/aromatic N) is 3. The lowest BCUT2D eigenvalue weighted by Gasteiger charge is -2.17. The molecule has 0 aliphatic carbocycles. The molecule has 0 unspecified atom stereocenters. The first-order chi connectivity index (χ1) is 5.66. The molecule has 0 aliphatic rings. The summed E-state index contributed by atoms with van der Waals surface area (Å²) in [6.07, 6.45) is 1.56. The average molecular weight is 166 g/mol. The minimum absolute atomic E-state index is 0.868. The van der Waals surface area contributed by atoms with E-state index in [1.807, 2.05) is 33.0 Å². The van der Waals surface area contributed by atoms with Crippen LogP contribution in [-0.4, -0.2) is 31.1 Å². The molecule has 66 valence electrons. The van der Waals surface area contributed by atoms with E-state index < -0.39 is 0 Å². The van der Waals surface area contributed by atoms with E-state index in [1.54, 1.807) is 6.33 Å². The van der Waals surface area contributed by atoms with Crippen molar-refractivity contribution in [2.24, 2.45) is 0 Å². The lowest BCUT2D eigenvalue weighted by atomic mass is 10.3. The summed E-state index contributed by atoms with van der Waals surface area (Å²) in [5.74, 6) is 0.868. The average Bonchev–Trinajstić information content (AvgIpc) is 2.03. The molecule has 0 spiro atoms. The summed E-state index contributed by atoms with van der Waals surface area (Å²) in [7, 11) is 5.81. The Balaban J connectivity index is 3.20. The van der Waals surface area contributed by atoms with Gasteiger partial charge in [0.15, 0.2) is 5.82 Å². The van der Waals surface area contributed by atoms with Gasteiger partial charge in [0.1, 0.15) is 12.0 Å². The lowest BCUT2D eigenvalue weighted by Crippen LogP contribution is -2.14. The van der Waals surface area contributed by atoms with Gasteiger partial charge in [0.2, 0.25) is 0 Å². The monoisotopic (exact) mass is 166 g/mol. The summed E-state index contributed by atoms with van der Waals surface area (Å²) in [6.45, 7) is 1.97. The molecule has 12 heavy (non-hydrogen) atoms. The van der Waals surface area contributed by atoms with E-state index in [4.69, 9.17) is 0 Å². The van der Waals surface area contributed by atoms with E-state index in [1.165, 1.54) is 0 Å². The highest BCUT2D eigenvalue weighted by Crippen LogP contribution is 2.22. The van der Waals surface area contributed by atoms with Crippen molar-refractivity contribution in [3.8, 4) is 0 Å². The number of hydrogen-bond donors (Lipinski definition) is 1. The number of aryl methyl sites for hydroxylation is 1. The normalized spacial score (nSPS) is 9.67. The Labute approximate surface area is 72.6 Å². The highest BCUT2D eigenvalue weighted by Gasteiger charge is 2.07. The van der Waals surface area contributed by atoms with Crippen molar-refractivity contribution in [3.05, 3.63) is 12.0 Å². The summed E-state index contributed by atoms with van der Waals surface area (Å²) in [4.78, 5) is 10.2. The molecule has 0 aromatic carbocycles. The molecule has 0 saturated heterocycles. The SMILES string of the molecule is CNc1ncnc(C)c1N(C)C. The van der Waals surface area contributed by atoms with Gasteiger partial charge in [-0.1, -0.05) is 0 Å². The molecule has 0 bridgehead atoms. The molecule has 1 N–H and O–H groups in total. The van der Waals surface area contributed by atoms with Gasteiger partial charge >= 0.3 is 0 Å². The first kappa shape index (κ1) is 8.77. The molecular formula is C8H14N4. The van der Waals surface area contributed by atoms with Crippen molar-refractivity contribution in [1.29, 1.82) is 0 Å². The summed E-state index contributed by atoms with van der Waals surface area (Å²) in [5.41, 5.74) is 2.03. The van der Waals surface area contributed by atoms with E-state index in [0.717, 1.165) is 17.2 Å². The van der Waals surface area contributed by atoms with Crippen LogP contribution in [0.1, 0.15) is 5.69 Å². The van der Waals surface area contributed by atoms with Crippen LogP contribution >= 0.6 is 0 Å². The third kappa shape index (κ3) is 1.47. The topological polar surface area (TPSA) is 41.1 Å². The molecule has 0 saturated carbocycles. The Morgan fingerprint density at radius 3 is 2.42 bits per heavy atom. The van der Waals surface area contributed by atoms with Gasteiger partial charge in [0.05, 0.1) is 5.69 Å². The van der Waals surface area contributed by atoms with E-state index in [2.05, 4.69) is 15.3 Å². The maximum Gasteiger partial charge on any atom is 0.153 e. The van der Waals surface area contributed by atoms with Crippen molar-refractivity contribution < 1.29 is 0 Å². The zero-order valence-electron chi connectivity index (χ0n) is 7.92. The maximum absolute atomic E-state index is 4.12. The van der Waals surface area contributed by atoms with Gasteiger partial charge in [-0.25, -0.2) is 9.97 Å². The lowest BCUT2D eigenvalue weighted by molar-refractivity contribution is 1.03. The van der Waals surface area contributed by atoms with Crippen LogP contribution in [0.5, 0.6) is 0 Å². The number of aromatic nitrogens is 2. The fraction of sp³-hybridized carbons (Fsp3) is 0.500. The Bertz CT molecular complexity index is 270. The quantitative estimate of drug-likeness (QED) is 0.708. The molecule has 1 rings (SSSR count). The molecule has 0 aliphatic heterocycles. The fourth-order valence-corrected chi connectivity index (χ4v) is 1.19. The Hall–Kier alpha value is -1.32. The van der Waals surface area contributed by atoms with Gasteiger partial charge in [-0.2, -0.15) is 0 Å². The number of hydrogen-bond acceptors (Lipinski definition) is 4. The second-order valence-corrected chi connectivity index (χ2v) is 2.80. The minimum atomic E-state index is 0.868. The third-order valence-electron chi connectivity index (χ3n) is 1.69. The predicted molar refractivity (Wildman–Crippen MR) is 50.6 cm³/mol. The van der Waals surface area contributed by atoms with Crippen molar-refractivity contribution in [2.45, 2.75) is 6.92 Å². The molecule has 0 radical (unpaired) electrons. The highest BCUT2D eigenvalue weighted by atomic mass is 15.1. The zero-order chi connectivity index (χ0) is 9.14. The standard InChI is InChI=1S/C8H14N4/c1-6-7(12(3)4)8(9-2)11-5-10-6/h5H,1-4H3,(H,9,10,11). The van der Waals surface area contributed by atoms with Crippen molar-refractivity contribution in [2.75, 3.05) is 31.4 Å². The van der Waals surface area contributed by atoms with E-state index in [-0.39, 0.29) is 0 Å². The van der Waals surface area contributed by atoms with Crippen LogP contribution in [0.3, 0.4) is 0 Å². The summed E-state index contributed by atoms with van der Waals surface area (Å²) < 4.78 is 0. The maximum atomic E-state index is 4.12. The van der Waals surface area contributed by atoms with Crippen LogP contribution in [0.2, 0.25) is 0 Å². The molecule has 1 aromatic rings. The first-order valence-corrected chi connectivity index (χ1v) is 3.83. The van der Waals surface area contributed by atoms with Crippen LogP contribution in [-0.2, 0) is 0 Å². The molecule has 0 fully saturated rings. The van der Waals surface area contributed by atoms with Crippen molar-refractivity contribution in [1.82, 2.24) is 9.97 Å². The molecule has 1 aromatic heterocycles. The second-order valence-electron chi connectivity index (χ2n) is 2.80. The van der Waals surface area contributed by atoms with Gasteiger partial charge in [-0.05, 0) is 6.92 Å². The molecule has 0 atom stereocenters. The number of rotatable bonds is 2. The van der Waals surface area contributed by atoms with Gasteiger partial charge in [0, 0.05) is 21.1 Å². The van der Waals surface area contributed by atoms with Crippen LogP contribution < -0.4 is 10.2 Å². The van der Waals surface area contributed by atoms with Crippen LogP contribution in [0.25, 0.3) is 0 Å². The van der Waals surface area contributed by atoms with Gasteiger partial charge in [-0.3, -0.25) is 0 Å². The molecule has 4 heteroatoms. The first-order valence-electron chi connectivity index (χ1n) is 3.83. The molecule has 0 amide bonds. The van der Waals surface area contributed by atoms with E-state index >= 15 is 0 Å². The van der Waals surface area contributed by atoms with Crippen molar-refractivity contribution in [3.63, 3.8) is 0 Å². The van der Waals surface area contributed by atoms with Gasteiger partial charge in [-0.15, -0.1) is 0 Å². The third-order valence-corrected chi connectivity index (χ3v) is 1.69. The zero-order valence-corrected chi connectivity index (χ0v) is 7.92. The second kappa shape index (κ2) is 3.38.